The van der Waals surface area contributed by atoms with Crippen LogP contribution >= 0.6 is 0 Å². The third kappa shape index (κ3) is 3.03. The predicted molar refractivity (Wildman–Crippen MR) is 72.3 cm³/mol. The molecular formula is C11H17N5O5. The molecule has 0 aliphatic carbocycles. The summed E-state index contributed by atoms with van der Waals surface area (Å²) in [5.41, 5.74) is 5.34. The number of ether oxygens (including phenoxy) is 1. The predicted octanol–water partition coefficient (Wildman–Crippen LogP) is -2.05. The first-order chi connectivity index (χ1) is 9.97. The van der Waals surface area contributed by atoms with Crippen LogP contribution in [0, 0.1) is 0 Å². The van der Waals surface area contributed by atoms with Gasteiger partial charge in [-0.3, -0.25) is 14.3 Å². The fraction of sp³-hybridized carbons (Fsp3) is 0.545. The monoisotopic (exact) mass is 299 g/mol. The molecule has 2 rings (SSSR count). The third-order valence-electron chi connectivity index (χ3n) is 3.01. The van der Waals surface area contributed by atoms with Gasteiger partial charge in [0, 0.05) is 0 Å². The molecule has 10 nitrogen and oxygen atoms in total. The number of nitrogens with two attached hydrogens (primary N) is 1. The van der Waals surface area contributed by atoms with E-state index in [0.717, 1.165) is 0 Å². The second-order valence-electron chi connectivity index (χ2n) is 4.48. The zero-order chi connectivity index (χ0) is 15.6. The first kappa shape index (κ1) is 15.4. The number of aliphatic hydroxyl groups is 3. The number of nitrogens with zero attached hydrogens (tertiary/aromatic N) is 3. The van der Waals surface area contributed by atoms with Gasteiger partial charge in [-0.25, -0.2) is 4.98 Å². The highest BCUT2D eigenvalue weighted by Gasteiger charge is 2.23. The van der Waals surface area contributed by atoms with E-state index in [1.54, 1.807) is 6.92 Å². The Hall–Kier alpha value is -2.01. The van der Waals surface area contributed by atoms with Crippen molar-refractivity contribution in [3.05, 3.63) is 16.7 Å². The number of imidazole rings is 1. The van der Waals surface area contributed by atoms with Crippen LogP contribution in [0.15, 0.2) is 11.1 Å². The average Bonchev–Trinajstić information content (AvgIpc) is 2.87. The van der Waals surface area contributed by atoms with Gasteiger partial charge in [0.2, 0.25) is 5.95 Å². The van der Waals surface area contributed by atoms with Gasteiger partial charge in [-0.15, -0.1) is 0 Å². The summed E-state index contributed by atoms with van der Waals surface area (Å²) in [6, 6.07) is 0. The highest BCUT2D eigenvalue weighted by molar-refractivity contribution is 5.70. The Bertz CT molecular complexity index is 669. The van der Waals surface area contributed by atoms with Crippen LogP contribution < -0.4 is 11.3 Å². The smallest absolute Gasteiger partial charge is 0.280 e. The number of fused-ring (bicyclic) bond motifs is 1. The highest BCUT2D eigenvalue weighted by atomic mass is 16.5. The molecular weight excluding hydrogens is 282 g/mol. The number of hydrogen-bond donors (Lipinski definition) is 5. The van der Waals surface area contributed by atoms with E-state index in [1.807, 2.05) is 0 Å². The van der Waals surface area contributed by atoms with Crippen LogP contribution in [0.4, 0.5) is 5.95 Å². The number of aliphatic hydroxyl groups excluding tert-OH is 3. The summed E-state index contributed by atoms with van der Waals surface area (Å²) >= 11 is 0. The molecule has 0 saturated carbocycles. The van der Waals surface area contributed by atoms with Crippen LogP contribution in [0.25, 0.3) is 11.2 Å². The van der Waals surface area contributed by atoms with Crippen molar-refractivity contribution in [2.45, 2.75) is 25.4 Å². The van der Waals surface area contributed by atoms with Gasteiger partial charge in [0.05, 0.1) is 19.5 Å². The van der Waals surface area contributed by atoms with E-state index in [1.165, 1.54) is 10.9 Å². The first-order valence-electron chi connectivity index (χ1n) is 6.25. The van der Waals surface area contributed by atoms with Crippen molar-refractivity contribution in [3.63, 3.8) is 0 Å². The van der Waals surface area contributed by atoms with Crippen molar-refractivity contribution in [2.24, 2.45) is 0 Å². The molecule has 21 heavy (non-hydrogen) atoms. The summed E-state index contributed by atoms with van der Waals surface area (Å²) < 4.78 is 6.89. The Labute approximate surface area is 118 Å². The second kappa shape index (κ2) is 6.18. The van der Waals surface area contributed by atoms with E-state index < -0.39 is 37.2 Å². The van der Waals surface area contributed by atoms with E-state index in [-0.39, 0.29) is 17.1 Å². The number of rotatable bonds is 6. The molecule has 0 aliphatic rings. The Balaban J connectivity index is 2.31. The molecule has 2 aromatic heterocycles. The number of H-pyrrole nitrogens is 1. The third-order valence-corrected chi connectivity index (χ3v) is 3.01. The molecule has 0 bridgehead atoms. The van der Waals surface area contributed by atoms with Crippen LogP contribution in [-0.2, 0) is 4.74 Å². The number of hydrogen-bond acceptors (Lipinski definition) is 8. The van der Waals surface area contributed by atoms with Gasteiger partial charge in [-0.1, -0.05) is 0 Å². The first-order valence-corrected chi connectivity index (χ1v) is 6.25. The molecule has 3 atom stereocenters. The molecule has 0 aliphatic heterocycles. The lowest BCUT2D eigenvalue weighted by atomic mass is 10.2. The number of nitrogens with one attached hydrogen (secondary N) is 1. The molecule has 0 fully saturated rings. The summed E-state index contributed by atoms with van der Waals surface area (Å²) in [4.78, 5) is 21.9. The van der Waals surface area contributed by atoms with Crippen LogP contribution in [0.3, 0.4) is 0 Å². The standard InChI is InChI=1S/C11H17N5O5/c1-5(21-7(3-18)6(19)2-17)16-4-13-8-9(16)14-11(12)15-10(8)20/h4-7,17-19H,2-3H2,1H3,(H3,12,14,15,20)/t5?,6?,7-/m1/s1. The minimum absolute atomic E-state index is 0.0597. The zero-order valence-electron chi connectivity index (χ0n) is 11.3. The molecule has 0 aromatic carbocycles. The minimum Gasteiger partial charge on any atom is -0.394 e. The van der Waals surface area contributed by atoms with Crippen molar-refractivity contribution >= 4 is 17.1 Å². The van der Waals surface area contributed by atoms with Crippen molar-refractivity contribution in [1.29, 1.82) is 0 Å². The Morgan fingerprint density at radius 1 is 1.48 bits per heavy atom. The van der Waals surface area contributed by atoms with Gasteiger partial charge in [-0.2, -0.15) is 4.98 Å². The van der Waals surface area contributed by atoms with Crippen LogP contribution in [0.5, 0.6) is 0 Å². The van der Waals surface area contributed by atoms with Gasteiger partial charge in [0.15, 0.2) is 11.2 Å². The quantitative estimate of drug-likeness (QED) is 0.407. The zero-order valence-corrected chi connectivity index (χ0v) is 11.3. The summed E-state index contributed by atoms with van der Waals surface area (Å²) in [6.45, 7) is 0.593. The lowest BCUT2D eigenvalue weighted by molar-refractivity contribution is -0.125. The Morgan fingerprint density at radius 3 is 2.81 bits per heavy atom. The lowest BCUT2D eigenvalue weighted by Crippen LogP contribution is -2.36. The summed E-state index contributed by atoms with van der Waals surface area (Å²) in [5, 5.41) is 27.6. The molecule has 2 heterocycles. The Morgan fingerprint density at radius 2 is 2.19 bits per heavy atom. The largest absolute Gasteiger partial charge is 0.394 e. The maximum absolute atomic E-state index is 11.7. The van der Waals surface area contributed by atoms with Crippen LogP contribution in [0.1, 0.15) is 13.2 Å². The normalized spacial score (nSPS) is 16.0. The van der Waals surface area contributed by atoms with Gasteiger partial charge in [0.1, 0.15) is 18.4 Å². The molecule has 2 unspecified atom stereocenters. The summed E-state index contributed by atoms with van der Waals surface area (Å²) in [5.74, 6) is -0.0597. The van der Waals surface area contributed by atoms with Crippen molar-refractivity contribution in [1.82, 2.24) is 19.5 Å². The van der Waals surface area contributed by atoms with E-state index in [0.29, 0.717) is 0 Å². The molecule has 116 valence electrons. The van der Waals surface area contributed by atoms with Crippen molar-refractivity contribution in [3.8, 4) is 0 Å². The molecule has 0 amide bonds. The minimum atomic E-state index is -1.23. The van der Waals surface area contributed by atoms with Gasteiger partial charge in [-0.05, 0) is 6.92 Å². The molecule has 2 aromatic rings. The van der Waals surface area contributed by atoms with E-state index in [4.69, 9.17) is 20.7 Å². The van der Waals surface area contributed by atoms with Crippen molar-refractivity contribution in [2.75, 3.05) is 18.9 Å². The van der Waals surface area contributed by atoms with E-state index >= 15 is 0 Å². The van der Waals surface area contributed by atoms with Crippen LogP contribution in [-0.4, -0.2) is 60.3 Å². The number of aromatic nitrogens is 4. The van der Waals surface area contributed by atoms with Gasteiger partial charge in [0.25, 0.3) is 5.56 Å². The molecule has 0 saturated heterocycles. The highest BCUT2D eigenvalue weighted by Crippen LogP contribution is 2.17. The maximum atomic E-state index is 11.7. The summed E-state index contributed by atoms with van der Waals surface area (Å²) in [6.07, 6.45) is -1.56. The summed E-state index contributed by atoms with van der Waals surface area (Å²) in [7, 11) is 0. The van der Waals surface area contributed by atoms with Gasteiger partial charge >= 0.3 is 0 Å². The average molecular weight is 299 g/mol. The molecule has 6 N–H and O–H groups in total. The number of aromatic amines is 1. The molecule has 0 radical (unpaired) electrons. The fourth-order valence-electron chi connectivity index (χ4n) is 1.90. The maximum Gasteiger partial charge on any atom is 0.280 e. The number of nitrogen functional groups attached to an aromatic ring is 1. The SMILES string of the molecule is CC(O[C@H](CO)C(O)CO)n1cnc2c(=O)[nH]c(N)nc21. The fourth-order valence-corrected chi connectivity index (χ4v) is 1.90. The van der Waals surface area contributed by atoms with E-state index in [2.05, 4.69) is 15.0 Å². The lowest BCUT2D eigenvalue weighted by Gasteiger charge is -2.24. The molecule has 10 heteroatoms. The Kier molecular flexibility index (Phi) is 4.53. The second-order valence-corrected chi connectivity index (χ2v) is 4.48. The van der Waals surface area contributed by atoms with Crippen molar-refractivity contribution < 1.29 is 20.1 Å². The topological polar surface area (TPSA) is 160 Å². The number of anilines is 1. The molecule has 0 spiro atoms. The van der Waals surface area contributed by atoms with Gasteiger partial charge < -0.3 is 25.8 Å². The van der Waals surface area contributed by atoms with E-state index in [9.17, 15) is 9.90 Å². The van der Waals surface area contributed by atoms with Crippen LogP contribution in [0.2, 0.25) is 0 Å².